The Morgan fingerprint density at radius 2 is 1.96 bits per heavy atom. The molecule has 7 heteroatoms. The average molecular weight is 336 g/mol. The lowest BCUT2D eigenvalue weighted by molar-refractivity contribution is 0.0925. The van der Waals surface area contributed by atoms with Gasteiger partial charge in [-0.15, -0.1) is 0 Å². The molecule has 7 nitrogen and oxygen atoms in total. The van der Waals surface area contributed by atoms with Crippen LogP contribution in [0.5, 0.6) is 0 Å². The smallest absolute Gasteiger partial charge is 0.271 e. The van der Waals surface area contributed by atoms with Gasteiger partial charge in [0.05, 0.1) is 5.52 Å². The molecule has 0 bridgehead atoms. The van der Waals surface area contributed by atoms with E-state index >= 15 is 0 Å². The highest BCUT2D eigenvalue weighted by atomic mass is 16.2. The topological polar surface area (TPSA) is 75.9 Å². The summed E-state index contributed by atoms with van der Waals surface area (Å²) in [6.07, 6.45) is 5.16. The van der Waals surface area contributed by atoms with Crippen LogP contribution in [0.1, 0.15) is 23.3 Å². The fourth-order valence-electron chi connectivity index (χ4n) is 3.27. The van der Waals surface area contributed by atoms with Crippen LogP contribution in [0.4, 0.5) is 5.82 Å². The number of aryl methyl sites for hydroxylation is 1. The molecule has 3 heterocycles. The molecular formula is C18H20N6O. The molecule has 25 heavy (non-hydrogen) atoms. The van der Waals surface area contributed by atoms with Gasteiger partial charge in [-0.25, -0.2) is 9.97 Å². The van der Waals surface area contributed by atoms with Gasteiger partial charge in [-0.2, -0.15) is 5.10 Å². The van der Waals surface area contributed by atoms with Crippen molar-refractivity contribution in [1.29, 1.82) is 0 Å². The van der Waals surface area contributed by atoms with Crippen molar-refractivity contribution in [2.75, 3.05) is 18.0 Å². The molecular weight excluding hydrogens is 316 g/mol. The summed E-state index contributed by atoms with van der Waals surface area (Å²) in [5, 5.41) is 8.30. The number of rotatable bonds is 3. The van der Waals surface area contributed by atoms with E-state index in [-0.39, 0.29) is 11.9 Å². The van der Waals surface area contributed by atoms with E-state index in [1.165, 1.54) is 0 Å². The summed E-state index contributed by atoms with van der Waals surface area (Å²) in [6.45, 7) is 1.71. The number of anilines is 1. The zero-order valence-electron chi connectivity index (χ0n) is 14.1. The molecule has 0 atom stereocenters. The first-order valence-electron chi connectivity index (χ1n) is 8.46. The van der Waals surface area contributed by atoms with Gasteiger partial charge in [0.2, 0.25) is 0 Å². The third-order valence-electron chi connectivity index (χ3n) is 4.60. The van der Waals surface area contributed by atoms with Crippen LogP contribution < -0.4 is 10.2 Å². The van der Waals surface area contributed by atoms with Gasteiger partial charge in [-0.1, -0.05) is 12.1 Å². The van der Waals surface area contributed by atoms with Crippen LogP contribution in [-0.4, -0.2) is 44.8 Å². The summed E-state index contributed by atoms with van der Waals surface area (Å²) in [4.78, 5) is 23.3. The highest BCUT2D eigenvalue weighted by Crippen LogP contribution is 2.25. The molecule has 1 N–H and O–H groups in total. The molecule has 0 saturated carbocycles. The Bertz CT molecular complexity index is 892. The number of carbonyl (C=O) groups excluding carboxylic acids is 1. The number of amides is 1. The molecule has 0 spiro atoms. The van der Waals surface area contributed by atoms with Crippen molar-refractivity contribution in [3.8, 4) is 0 Å². The van der Waals surface area contributed by atoms with Gasteiger partial charge in [0, 0.05) is 37.8 Å². The number of piperidine rings is 1. The summed E-state index contributed by atoms with van der Waals surface area (Å²) in [5.74, 6) is 0.867. The van der Waals surface area contributed by atoms with E-state index in [1.54, 1.807) is 30.3 Å². The van der Waals surface area contributed by atoms with E-state index in [9.17, 15) is 4.79 Å². The monoisotopic (exact) mass is 336 g/mol. The summed E-state index contributed by atoms with van der Waals surface area (Å²) in [5.41, 5.74) is 1.42. The lowest BCUT2D eigenvalue weighted by Gasteiger charge is -2.33. The second kappa shape index (κ2) is 6.51. The van der Waals surface area contributed by atoms with Crippen LogP contribution in [0.25, 0.3) is 10.9 Å². The summed E-state index contributed by atoms with van der Waals surface area (Å²) in [7, 11) is 1.81. The second-order valence-corrected chi connectivity index (χ2v) is 6.32. The molecule has 2 aromatic heterocycles. The van der Waals surface area contributed by atoms with Crippen LogP contribution >= 0.6 is 0 Å². The molecule has 1 amide bonds. The van der Waals surface area contributed by atoms with Crippen LogP contribution in [0.15, 0.2) is 42.9 Å². The molecule has 0 unspecified atom stereocenters. The SMILES string of the molecule is Cn1ccc(C(=O)NC2CCN(c3ncnc4ccccc34)CC2)n1. The maximum Gasteiger partial charge on any atom is 0.271 e. The Labute approximate surface area is 145 Å². The average Bonchev–Trinajstić information content (AvgIpc) is 3.08. The summed E-state index contributed by atoms with van der Waals surface area (Å²) in [6, 6.07) is 9.95. The number of hydrogen-bond donors (Lipinski definition) is 1. The second-order valence-electron chi connectivity index (χ2n) is 6.32. The highest BCUT2D eigenvalue weighted by molar-refractivity contribution is 5.92. The first-order chi connectivity index (χ1) is 12.2. The largest absolute Gasteiger partial charge is 0.356 e. The van der Waals surface area contributed by atoms with Crippen molar-refractivity contribution in [2.45, 2.75) is 18.9 Å². The number of para-hydroxylation sites is 1. The Morgan fingerprint density at radius 1 is 1.16 bits per heavy atom. The van der Waals surface area contributed by atoms with Crippen LogP contribution in [-0.2, 0) is 7.05 Å². The van der Waals surface area contributed by atoms with E-state index in [1.807, 2.05) is 18.2 Å². The highest BCUT2D eigenvalue weighted by Gasteiger charge is 2.23. The summed E-state index contributed by atoms with van der Waals surface area (Å²) >= 11 is 0. The lowest BCUT2D eigenvalue weighted by atomic mass is 10.0. The maximum absolute atomic E-state index is 12.2. The third kappa shape index (κ3) is 3.17. The minimum atomic E-state index is -0.105. The van der Waals surface area contributed by atoms with E-state index in [0.29, 0.717) is 5.69 Å². The molecule has 0 aliphatic carbocycles. The van der Waals surface area contributed by atoms with Gasteiger partial charge < -0.3 is 10.2 Å². The van der Waals surface area contributed by atoms with Gasteiger partial charge in [0.25, 0.3) is 5.91 Å². The molecule has 128 valence electrons. The number of benzene rings is 1. The zero-order chi connectivity index (χ0) is 17.2. The number of nitrogens with one attached hydrogen (secondary N) is 1. The molecule has 1 saturated heterocycles. The first-order valence-corrected chi connectivity index (χ1v) is 8.46. The van der Waals surface area contributed by atoms with Crippen molar-refractivity contribution in [3.63, 3.8) is 0 Å². The number of carbonyl (C=O) groups is 1. The number of fused-ring (bicyclic) bond motifs is 1. The quantitative estimate of drug-likeness (QED) is 0.789. The molecule has 1 aliphatic rings. The van der Waals surface area contributed by atoms with Crippen molar-refractivity contribution >= 4 is 22.6 Å². The molecule has 3 aromatic rings. The maximum atomic E-state index is 12.2. The Hall–Kier alpha value is -2.96. The first kappa shape index (κ1) is 15.6. The molecule has 1 fully saturated rings. The van der Waals surface area contributed by atoms with Crippen LogP contribution in [0.2, 0.25) is 0 Å². The van der Waals surface area contributed by atoms with Crippen molar-refractivity contribution in [1.82, 2.24) is 25.1 Å². The van der Waals surface area contributed by atoms with Gasteiger partial charge in [0.15, 0.2) is 0 Å². The standard InChI is InChI=1S/C18H20N6O/c1-23-9-8-16(22-23)18(25)21-13-6-10-24(11-7-13)17-14-4-2-3-5-15(14)19-12-20-17/h2-5,8-9,12-13H,6-7,10-11H2,1H3,(H,21,25). The zero-order valence-corrected chi connectivity index (χ0v) is 14.1. The van der Waals surface area contributed by atoms with Crippen molar-refractivity contribution < 1.29 is 4.79 Å². The molecule has 1 aliphatic heterocycles. The van der Waals surface area contributed by atoms with Crippen molar-refractivity contribution in [2.24, 2.45) is 7.05 Å². The molecule has 4 rings (SSSR count). The minimum absolute atomic E-state index is 0.105. The van der Waals surface area contributed by atoms with E-state index < -0.39 is 0 Å². The Morgan fingerprint density at radius 3 is 2.72 bits per heavy atom. The van der Waals surface area contributed by atoms with E-state index in [4.69, 9.17) is 0 Å². The Kier molecular flexibility index (Phi) is 4.05. The van der Waals surface area contributed by atoms with Crippen LogP contribution in [0, 0.1) is 0 Å². The number of hydrogen-bond acceptors (Lipinski definition) is 5. The van der Waals surface area contributed by atoms with Gasteiger partial charge in [-0.05, 0) is 31.0 Å². The van der Waals surface area contributed by atoms with Gasteiger partial charge in [0.1, 0.15) is 17.8 Å². The molecule has 1 aromatic carbocycles. The van der Waals surface area contributed by atoms with E-state index in [2.05, 4.69) is 31.3 Å². The molecule has 0 radical (unpaired) electrons. The normalized spacial score (nSPS) is 15.5. The van der Waals surface area contributed by atoms with E-state index in [0.717, 1.165) is 42.7 Å². The lowest BCUT2D eigenvalue weighted by Crippen LogP contribution is -2.45. The Balaban J connectivity index is 1.42. The summed E-state index contributed by atoms with van der Waals surface area (Å²) < 4.78 is 1.64. The minimum Gasteiger partial charge on any atom is -0.356 e. The predicted octanol–water partition coefficient (Wildman–Crippen LogP) is 1.76. The third-order valence-corrected chi connectivity index (χ3v) is 4.60. The van der Waals surface area contributed by atoms with Crippen molar-refractivity contribution in [3.05, 3.63) is 48.5 Å². The predicted molar refractivity (Wildman–Crippen MR) is 95.4 cm³/mol. The fraction of sp³-hybridized carbons (Fsp3) is 0.333. The van der Waals surface area contributed by atoms with Crippen LogP contribution in [0.3, 0.4) is 0 Å². The fourth-order valence-corrected chi connectivity index (χ4v) is 3.27. The van der Waals surface area contributed by atoms with Gasteiger partial charge >= 0.3 is 0 Å². The number of aromatic nitrogens is 4. The van der Waals surface area contributed by atoms with Gasteiger partial charge in [-0.3, -0.25) is 9.48 Å². The number of nitrogens with zero attached hydrogens (tertiary/aromatic N) is 5.